The largest absolute Gasteiger partial charge is 0.382 e. The van der Waals surface area contributed by atoms with Crippen LogP contribution in [0.25, 0.3) is 11.0 Å². The molecule has 2 heterocycles. The van der Waals surface area contributed by atoms with Crippen molar-refractivity contribution in [3.63, 3.8) is 0 Å². The van der Waals surface area contributed by atoms with Crippen molar-refractivity contribution in [2.75, 3.05) is 5.73 Å². The van der Waals surface area contributed by atoms with Crippen LogP contribution in [0.2, 0.25) is 0 Å². The van der Waals surface area contributed by atoms with Crippen molar-refractivity contribution in [1.82, 2.24) is 14.8 Å². The molecule has 0 aromatic carbocycles. The number of hydrogen-bond donors (Lipinski definition) is 2. The minimum absolute atomic E-state index is 0.0391. The first-order valence-corrected chi connectivity index (χ1v) is 3.89. The normalized spacial score (nSPS) is 10.3. The highest BCUT2D eigenvalue weighted by atomic mass is 16.1. The van der Waals surface area contributed by atoms with Crippen LogP contribution in [0.5, 0.6) is 0 Å². The predicted octanol–water partition coefficient (Wildman–Crippen LogP) is -0.285. The van der Waals surface area contributed by atoms with Crippen molar-refractivity contribution in [2.45, 2.75) is 0 Å². The standard InChI is InChI=1S/C8H7N5O/c1-13-8-5(7(10)12-13)6(14)4(2-9)3-11-8/h3H,1H3,(H2,10,12)(H,11,14). The number of nitrogen functional groups attached to an aromatic ring is 1. The second-order valence-electron chi connectivity index (χ2n) is 2.88. The summed E-state index contributed by atoms with van der Waals surface area (Å²) in [6.45, 7) is 0. The van der Waals surface area contributed by atoms with E-state index in [1.807, 2.05) is 0 Å². The van der Waals surface area contributed by atoms with Gasteiger partial charge in [0.25, 0.3) is 0 Å². The zero-order valence-corrected chi connectivity index (χ0v) is 7.40. The van der Waals surface area contributed by atoms with Gasteiger partial charge in [0.1, 0.15) is 22.7 Å². The van der Waals surface area contributed by atoms with Crippen molar-refractivity contribution in [3.05, 3.63) is 22.0 Å². The smallest absolute Gasteiger partial charge is 0.212 e. The summed E-state index contributed by atoms with van der Waals surface area (Å²) in [5, 5.41) is 12.8. The lowest BCUT2D eigenvalue weighted by molar-refractivity contribution is 0.791. The summed E-state index contributed by atoms with van der Waals surface area (Å²) in [6, 6.07) is 1.79. The molecule has 0 bridgehead atoms. The van der Waals surface area contributed by atoms with Gasteiger partial charge in [-0.2, -0.15) is 10.4 Å². The molecule has 2 aromatic rings. The van der Waals surface area contributed by atoms with Gasteiger partial charge in [0, 0.05) is 13.2 Å². The van der Waals surface area contributed by atoms with Gasteiger partial charge >= 0.3 is 0 Å². The maximum absolute atomic E-state index is 11.6. The van der Waals surface area contributed by atoms with Gasteiger partial charge < -0.3 is 10.7 Å². The molecule has 0 aliphatic heterocycles. The SMILES string of the molecule is Cn1nc(N)c2c(=O)c(C#N)c[nH]c21. The molecule has 70 valence electrons. The number of nitriles is 1. The Balaban J connectivity index is 3.05. The van der Waals surface area contributed by atoms with Gasteiger partial charge in [0.15, 0.2) is 5.82 Å². The van der Waals surface area contributed by atoms with Crippen molar-refractivity contribution in [3.8, 4) is 6.07 Å². The highest BCUT2D eigenvalue weighted by molar-refractivity contribution is 5.86. The number of nitrogens with two attached hydrogens (primary N) is 1. The van der Waals surface area contributed by atoms with Crippen LogP contribution in [0, 0.1) is 11.3 Å². The van der Waals surface area contributed by atoms with Gasteiger partial charge in [0.05, 0.1) is 0 Å². The third kappa shape index (κ3) is 0.894. The van der Waals surface area contributed by atoms with Crippen LogP contribution >= 0.6 is 0 Å². The Bertz CT molecular complexity index is 600. The van der Waals surface area contributed by atoms with E-state index in [-0.39, 0.29) is 22.2 Å². The van der Waals surface area contributed by atoms with Gasteiger partial charge in [-0.15, -0.1) is 0 Å². The molecule has 2 rings (SSSR count). The van der Waals surface area contributed by atoms with Crippen molar-refractivity contribution in [1.29, 1.82) is 5.26 Å². The van der Waals surface area contributed by atoms with E-state index in [1.165, 1.54) is 10.9 Å². The number of aromatic amines is 1. The number of aryl methyl sites for hydroxylation is 1. The summed E-state index contributed by atoms with van der Waals surface area (Å²) in [4.78, 5) is 14.4. The summed E-state index contributed by atoms with van der Waals surface area (Å²) in [5.74, 6) is 0.140. The van der Waals surface area contributed by atoms with Crippen LogP contribution in [0.15, 0.2) is 11.0 Å². The van der Waals surface area contributed by atoms with Gasteiger partial charge in [-0.25, -0.2) is 4.68 Å². The first kappa shape index (κ1) is 8.31. The summed E-state index contributed by atoms with van der Waals surface area (Å²) < 4.78 is 1.47. The van der Waals surface area contributed by atoms with E-state index in [2.05, 4.69) is 10.1 Å². The fourth-order valence-electron chi connectivity index (χ4n) is 1.36. The number of aromatic nitrogens is 3. The maximum Gasteiger partial charge on any atom is 0.212 e. The van der Waals surface area contributed by atoms with Crippen LogP contribution < -0.4 is 11.2 Å². The molecule has 14 heavy (non-hydrogen) atoms. The quantitative estimate of drug-likeness (QED) is 0.594. The van der Waals surface area contributed by atoms with E-state index >= 15 is 0 Å². The van der Waals surface area contributed by atoms with E-state index < -0.39 is 0 Å². The number of nitrogens with one attached hydrogen (secondary N) is 1. The number of H-pyrrole nitrogens is 1. The van der Waals surface area contributed by atoms with Gasteiger partial charge in [-0.05, 0) is 0 Å². The molecule has 0 atom stereocenters. The van der Waals surface area contributed by atoms with Gasteiger partial charge in [-0.1, -0.05) is 0 Å². The highest BCUT2D eigenvalue weighted by Gasteiger charge is 2.12. The Kier molecular flexibility index (Phi) is 1.54. The average molecular weight is 189 g/mol. The molecule has 2 aromatic heterocycles. The second-order valence-corrected chi connectivity index (χ2v) is 2.88. The van der Waals surface area contributed by atoms with Crippen LogP contribution in [0.4, 0.5) is 5.82 Å². The number of hydrogen-bond acceptors (Lipinski definition) is 4. The number of nitrogens with zero attached hydrogens (tertiary/aromatic N) is 3. The lowest BCUT2D eigenvalue weighted by Crippen LogP contribution is -2.08. The van der Waals surface area contributed by atoms with E-state index in [0.29, 0.717) is 5.65 Å². The fourth-order valence-corrected chi connectivity index (χ4v) is 1.36. The molecule has 0 aliphatic carbocycles. The minimum atomic E-state index is -0.383. The molecule has 0 amide bonds. The van der Waals surface area contributed by atoms with Crippen molar-refractivity contribution >= 4 is 16.9 Å². The predicted molar refractivity (Wildman–Crippen MR) is 50.5 cm³/mol. The van der Waals surface area contributed by atoms with E-state index in [4.69, 9.17) is 11.0 Å². The first-order valence-electron chi connectivity index (χ1n) is 3.89. The van der Waals surface area contributed by atoms with Crippen LogP contribution in [0.3, 0.4) is 0 Å². The third-order valence-corrected chi connectivity index (χ3v) is 2.02. The lowest BCUT2D eigenvalue weighted by Gasteiger charge is -1.93. The molecule has 0 fully saturated rings. The zero-order chi connectivity index (χ0) is 10.3. The molecule has 6 nitrogen and oxygen atoms in total. The minimum Gasteiger partial charge on any atom is -0.382 e. The highest BCUT2D eigenvalue weighted by Crippen LogP contribution is 2.13. The summed E-state index contributed by atoms with van der Waals surface area (Å²) in [6.07, 6.45) is 1.35. The summed E-state index contributed by atoms with van der Waals surface area (Å²) >= 11 is 0. The monoisotopic (exact) mass is 189 g/mol. The molecular weight excluding hydrogens is 182 g/mol. The van der Waals surface area contributed by atoms with E-state index in [1.54, 1.807) is 13.1 Å². The fraction of sp³-hybridized carbons (Fsp3) is 0.125. The summed E-state index contributed by atoms with van der Waals surface area (Å²) in [7, 11) is 1.67. The molecule has 6 heteroatoms. The van der Waals surface area contributed by atoms with Gasteiger partial charge in [0.2, 0.25) is 5.43 Å². The molecule has 0 aliphatic rings. The van der Waals surface area contributed by atoms with Crippen LogP contribution in [-0.2, 0) is 7.05 Å². The zero-order valence-electron chi connectivity index (χ0n) is 7.40. The van der Waals surface area contributed by atoms with E-state index in [0.717, 1.165) is 0 Å². The van der Waals surface area contributed by atoms with Crippen molar-refractivity contribution < 1.29 is 0 Å². The Hall–Kier alpha value is -2.29. The number of anilines is 1. The first-order chi connectivity index (χ1) is 6.65. The number of rotatable bonds is 0. The Morgan fingerprint density at radius 3 is 3.07 bits per heavy atom. The Labute approximate surface area is 78.6 Å². The Morgan fingerprint density at radius 2 is 2.43 bits per heavy atom. The molecule has 0 saturated heterocycles. The molecule has 3 N–H and O–H groups in total. The topological polar surface area (TPSA) is 100 Å². The Morgan fingerprint density at radius 1 is 1.71 bits per heavy atom. The molecule has 0 radical (unpaired) electrons. The third-order valence-electron chi connectivity index (χ3n) is 2.02. The molecule has 0 spiro atoms. The van der Waals surface area contributed by atoms with Crippen molar-refractivity contribution in [2.24, 2.45) is 7.05 Å². The van der Waals surface area contributed by atoms with E-state index in [9.17, 15) is 4.79 Å². The van der Waals surface area contributed by atoms with Crippen LogP contribution in [-0.4, -0.2) is 14.8 Å². The average Bonchev–Trinajstić information content (AvgIpc) is 2.44. The number of pyridine rings is 1. The molecular formula is C8H7N5O. The second kappa shape index (κ2) is 2.60. The maximum atomic E-state index is 11.6. The summed E-state index contributed by atoms with van der Waals surface area (Å²) in [5.41, 5.74) is 5.72. The molecule has 0 unspecified atom stereocenters. The van der Waals surface area contributed by atoms with Crippen LogP contribution in [0.1, 0.15) is 5.56 Å². The lowest BCUT2D eigenvalue weighted by atomic mass is 10.2. The number of fused-ring (bicyclic) bond motifs is 1. The van der Waals surface area contributed by atoms with Gasteiger partial charge in [-0.3, -0.25) is 4.79 Å². The molecule has 0 saturated carbocycles.